The van der Waals surface area contributed by atoms with Gasteiger partial charge in [0.05, 0.1) is 12.1 Å². The molecule has 0 aliphatic rings. The van der Waals surface area contributed by atoms with Gasteiger partial charge in [-0.25, -0.2) is 4.79 Å². The SMILES string of the molecule is O=C(O)c1c(-c2ccccc2)c2cc(Br)ccc2c(=O)n1Cc1ccc(C(F)(F)F)cc1. The van der Waals surface area contributed by atoms with Crippen LogP contribution in [-0.4, -0.2) is 15.6 Å². The molecule has 3 aromatic carbocycles. The number of rotatable bonds is 4. The topological polar surface area (TPSA) is 59.3 Å². The fourth-order valence-electron chi connectivity index (χ4n) is 3.67. The van der Waals surface area contributed by atoms with Crippen molar-refractivity contribution >= 4 is 32.7 Å². The minimum Gasteiger partial charge on any atom is -0.477 e. The zero-order valence-corrected chi connectivity index (χ0v) is 17.9. The van der Waals surface area contributed by atoms with Crippen molar-refractivity contribution in [3.8, 4) is 11.1 Å². The highest BCUT2D eigenvalue weighted by Crippen LogP contribution is 2.33. The van der Waals surface area contributed by atoms with Crippen LogP contribution in [0.25, 0.3) is 21.9 Å². The lowest BCUT2D eigenvalue weighted by molar-refractivity contribution is -0.137. The summed E-state index contributed by atoms with van der Waals surface area (Å²) in [5.74, 6) is -1.31. The molecular formula is C24H15BrF3NO3. The number of nitrogens with zero attached hydrogens (tertiary/aromatic N) is 1. The lowest BCUT2D eigenvalue weighted by Gasteiger charge is -2.18. The maximum atomic E-state index is 13.3. The number of aromatic nitrogens is 1. The number of hydrogen-bond donors (Lipinski definition) is 1. The van der Waals surface area contributed by atoms with Gasteiger partial charge in [-0.1, -0.05) is 58.4 Å². The Hall–Kier alpha value is -3.39. The molecule has 0 unspecified atom stereocenters. The van der Waals surface area contributed by atoms with Crippen LogP contribution in [0, 0.1) is 0 Å². The van der Waals surface area contributed by atoms with Crippen LogP contribution in [0.15, 0.2) is 82.1 Å². The number of hydrogen-bond acceptors (Lipinski definition) is 2. The summed E-state index contributed by atoms with van der Waals surface area (Å²) in [5, 5.41) is 10.8. The number of carbonyl (C=O) groups is 1. The van der Waals surface area contributed by atoms with Crippen molar-refractivity contribution in [2.24, 2.45) is 0 Å². The van der Waals surface area contributed by atoms with E-state index in [0.717, 1.165) is 16.7 Å². The normalized spacial score (nSPS) is 11.6. The summed E-state index contributed by atoms with van der Waals surface area (Å²) in [6.45, 7) is -0.190. The van der Waals surface area contributed by atoms with Gasteiger partial charge < -0.3 is 5.11 Å². The molecule has 4 aromatic rings. The van der Waals surface area contributed by atoms with E-state index >= 15 is 0 Å². The van der Waals surface area contributed by atoms with Crippen LogP contribution in [0.4, 0.5) is 13.2 Å². The maximum Gasteiger partial charge on any atom is 0.416 e. The second-order valence-electron chi connectivity index (χ2n) is 7.17. The largest absolute Gasteiger partial charge is 0.477 e. The third-order valence-electron chi connectivity index (χ3n) is 5.12. The predicted molar refractivity (Wildman–Crippen MR) is 119 cm³/mol. The molecule has 4 rings (SSSR count). The van der Waals surface area contributed by atoms with Gasteiger partial charge in [-0.2, -0.15) is 13.2 Å². The molecule has 32 heavy (non-hydrogen) atoms. The summed E-state index contributed by atoms with van der Waals surface area (Å²) >= 11 is 3.37. The van der Waals surface area contributed by atoms with Gasteiger partial charge in [0, 0.05) is 15.4 Å². The summed E-state index contributed by atoms with van der Waals surface area (Å²) in [4.78, 5) is 25.6. The monoisotopic (exact) mass is 501 g/mol. The van der Waals surface area contributed by atoms with Crippen LogP contribution in [0.2, 0.25) is 0 Å². The quantitative estimate of drug-likeness (QED) is 0.362. The molecule has 0 aliphatic carbocycles. The van der Waals surface area contributed by atoms with Crippen molar-refractivity contribution in [1.29, 1.82) is 0 Å². The minimum atomic E-state index is -4.49. The molecule has 0 fully saturated rings. The van der Waals surface area contributed by atoms with E-state index in [-0.39, 0.29) is 12.2 Å². The smallest absolute Gasteiger partial charge is 0.416 e. The van der Waals surface area contributed by atoms with Crippen molar-refractivity contribution in [3.63, 3.8) is 0 Å². The van der Waals surface area contributed by atoms with Crippen LogP contribution >= 0.6 is 15.9 Å². The molecule has 0 amide bonds. The Morgan fingerprint density at radius 2 is 1.59 bits per heavy atom. The highest BCUT2D eigenvalue weighted by molar-refractivity contribution is 9.10. The average molecular weight is 502 g/mol. The second-order valence-corrected chi connectivity index (χ2v) is 8.09. The molecular weight excluding hydrogens is 487 g/mol. The van der Waals surface area contributed by atoms with E-state index in [9.17, 15) is 27.9 Å². The van der Waals surface area contributed by atoms with Gasteiger partial charge in [0.15, 0.2) is 0 Å². The summed E-state index contributed by atoms with van der Waals surface area (Å²) < 4.78 is 40.5. The highest BCUT2D eigenvalue weighted by atomic mass is 79.9. The molecule has 162 valence electrons. The van der Waals surface area contributed by atoms with Crippen molar-refractivity contribution < 1.29 is 23.1 Å². The van der Waals surface area contributed by atoms with Gasteiger partial charge in [0.25, 0.3) is 5.56 Å². The second kappa shape index (κ2) is 8.27. The van der Waals surface area contributed by atoms with Crippen molar-refractivity contribution in [1.82, 2.24) is 4.57 Å². The van der Waals surface area contributed by atoms with Gasteiger partial charge in [-0.05, 0) is 46.8 Å². The Morgan fingerprint density at radius 1 is 0.938 bits per heavy atom. The van der Waals surface area contributed by atoms with E-state index in [1.807, 2.05) is 0 Å². The first-order chi connectivity index (χ1) is 15.2. The molecule has 1 aromatic heterocycles. The first-order valence-corrected chi connectivity index (χ1v) is 10.3. The summed E-state index contributed by atoms with van der Waals surface area (Å²) in [5.41, 5.74) is -0.246. The molecule has 4 nitrogen and oxygen atoms in total. The highest BCUT2D eigenvalue weighted by Gasteiger charge is 2.30. The number of halogens is 4. The standard InChI is InChI=1S/C24H15BrF3NO3/c25-17-10-11-18-19(12-17)20(15-4-2-1-3-5-15)21(23(31)32)29(22(18)30)13-14-6-8-16(9-7-14)24(26,27)28/h1-12H,13H2,(H,31,32). The average Bonchev–Trinajstić information content (AvgIpc) is 2.75. The number of fused-ring (bicyclic) bond motifs is 1. The molecule has 0 radical (unpaired) electrons. The van der Waals surface area contributed by atoms with Crippen LogP contribution < -0.4 is 5.56 Å². The Bertz CT molecular complexity index is 1380. The van der Waals surface area contributed by atoms with E-state index in [2.05, 4.69) is 15.9 Å². The van der Waals surface area contributed by atoms with Crippen molar-refractivity contribution in [3.05, 3.63) is 104 Å². The maximum absolute atomic E-state index is 13.3. The van der Waals surface area contributed by atoms with E-state index in [0.29, 0.717) is 31.9 Å². The molecule has 1 N–H and O–H groups in total. The van der Waals surface area contributed by atoms with Gasteiger partial charge in [0.1, 0.15) is 5.69 Å². The molecule has 0 saturated heterocycles. The fourth-order valence-corrected chi connectivity index (χ4v) is 4.03. The van der Waals surface area contributed by atoms with Gasteiger partial charge in [0.2, 0.25) is 0 Å². The van der Waals surface area contributed by atoms with E-state index in [1.165, 1.54) is 12.1 Å². The zero-order chi connectivity index (χ0) is 23.0. The number of alkyl halides is 3. The van der Waals surface area contributed by atoms with Crippen LogP contribution in [0.3, 0.4) is 0 Å². The van der Waals surface area contributed by atoms with E-state index in [4.69, 9.17) is 0 Å². The molecule has 0 bridgehead atoms. The molecule has 8 heteroatoms. The Labute approximate surface area is 188 Å². The van der Waals surface area contributed by atoms with Crippen molar-refractivity contribution in [2.75, 3.05) is 0 Å². The molecule has 0 spiro atoms. The molecule has 0 atom stereocenters. The first-order valence-electron chi connectivity index (χ1n) is 9.47. The van der Waals surface area contributed by atoms with E-state index in [1.54, 1.807) is 48.5 Å². The third kappa shape index (κ3) is 4.05. The number of pyridine rings is 1. The fraction of sp³-hybridized carbons (Fsp3) is 0.0833. The number of carboxylic acids is 1. The Kier molecular flexibility index (Phi) is 5.64. The van der Waals surface area contributed by atoms with Gasteiger partial charge in [-0.3, -0.25) is 9.36 Å². The van der Waals surface area contributed by atoms with Crippen LogP contribution in [-0.2, 0) is 12.7 Å². The lowest BCUT2D eigenvalue weighted by Crippen LogP contribution is -2.28. The lowest BCUT2D eigenvalue weighted by atomic mass is 9.96. The van der Waals surface area contributed by atoms with Crippen LogP contribution in [0.1, 0.15) is 21.6 Å². The Balaban J connectivity index is 2.00. The minimum absolute atomic E-state index is 0.190. The summed E-state index contributed by atoms with van der Waals surface area (Å²) in [6, 6.07) is 18.1. The van der Waals surface area contributed by atoms with Gasteiger partial charge in [-0.15, -0.1) is 0 Å². The number of carboxylic acid groups (broad SMARTS) is 1. The molecule has 0 saturated carbocycles. The first kappa shape index (κ1) is 21.8. The predicted octanol–water partition coefficient (Wildman–Crippen LogP) is 6.20. The molecule has 1 heterocycles. The molecule has 0 aliphatic heterocycles. The Morgan fingerprint density at radius 3 is 2.19 bits per heavy atom. The van der Waals surface area contributed by atoms with Crippen LogP contribution in [0.5, 0.6) is 0 Å². The van der Waals surface area contributed by atoms with E-state index < -0.39 is 23.3 Å². The number of aromatic carboxylic acids is 1. The van der Waals surface area contributed by atoms with Crippen molar-refractivity contribution in [2.45, 2.75) is 12.7 Å². The number of benzene rings is 3. The third-order valence-corrected chi connectivity index (χ3v) is 5.61. The zero-order valence-electron chi connectivity index (χ0n) is 16.4. The summed E-state index contributed by atoms with van der Waals surface area (Å²) in [6.07, 6.45) is -4.49. The summed E-state index contributed by atoms with van der Waals surface area (Å²) in [7, 11) is 0. The van der Waals surface area contributed by atoms with Gasteiger partial charge >= 0.3 is 12.1 Å².